The van der Waals surface area contributed by atoms with Crippen LogP contribution in [-0.2, 0) is 12.0 Å². The van der Waals surface area contributed by atoms with Crippen molar-refractivity contribution in [3.05, 3.63) is 58.6 Å². The number of rotatable bonds is 3. The van der Waals surface area contributed by atoms with Gasteiger partial charge < -0.3 is 15.4 Å². The number of fused-ring (bicyclic) bond motifs is 2. The molecule has 6 nitrogen and oxygen atoms in total. The zero-order valence-corrected chi connectivity index (χ0v) is 15.9. The summed E-state index contributed by atoms with van der Waals surface area (Å²) in [7, 11) is 0. The van der Waals surface area contributed by atoms with E-state index in [2.05, 4.69) is 54.4 Å². The molecule has 0 atom stereocenters. The molecule has 1 fully saturated rings. The Morgan fingerprint density at radius 3 is 2.63 bits per heavy atom. The maximum atomic E-state index is 9.87. The van der Waals surface area contributed by atoms with Crippen LogP contribution in [0.2, 0.25) is 0 Å². The molecule has 2 aliphatic heterocycles. The van der Waals surface area contributed by atoms with Gasteiger partial charge in [-0.05, 0) is 5.92 Å². The number of benzene rings is 1. The molecular formula is C21H26N5O+. The van der Waals surface area contributed by atoms with Crippen LogP contribution < -0.4 is 15.4 Å². The summed E-state index contributed by atoms with van der Waals surface area (Å²) in [6, 6.07) is 12.9. The number of nitrogens with zero attached hydrogens (tertiary/aromatic N) is 2. The van der Waals surface area contributed by atoms with E-state index < -0.39 is 0 Å². The third kappa shape index (κ3) is 2.88. The number of likely N-dealkylation sites (tertiary alicyclic amines) is 1. The molecule has 1 spiro atoms. The summed E-state index contributed by atoms with van der Waals surface area (Å²) in [5, 5.41) is 17.4. The Morgan fingerprint density at radius 1 is 1.30 bits per heavy atom. The van der Waals surface area contributed by atoms with E-state index in [1.165, 1.54) is 10.5 Å². The number of hydrogen-bond acceptors (Lipinski definition) is 4. The van der Waals surface area contributed by atoms with Gasteiger partial charge in [0.25, 0.3) is 0 Å². The van der Waals surface area contributed by atoms with Crippen molar-refractivity contribution < 1.29 is 9.64 Å². The zero-order valence-electron chi connectivity index (χ0n) is 15.9. The summed E-state index contributed by atoms with van der Waals surface area (Å²) < 4.78 is 5.70. The van der Waals surface area contributed by atoms with Crippen molar-refractivity contribution in [1.29, 1.82) is 5.26 Å². The fourth-order valence-corrected chi connectivity index (χ4v) is 4.56. The van der Waals surface area contributed by atoms with Crippen LogP contribution in [0.4, 0.5) is 0 Å². The summed E-state index contributed by atoms with van der Waals surface area (Å²) >= 11 is 0. The lowest BCUT2D eigenvalue weighted by molar-refractivity contribution is -0.920. The highest BCUT2D eigenvalue weighted by Crippen LogP contribution is 2.49. The number of nitrogens with one attached hydrogen (secondary N) is 2. The van der Waals surface area contributed by atoms with E-state index in [4.69, 9.17) is 10.5 Å². The Kier molecular flexibility index (Phi) is 4.40. The van der Waals surface area contributed by atoms with Gasteiger partial charge in [-0.2, -0.15) is 5.26 Å². The Hall–Kier alpha value is -2.78. The molecule has 0 saturated carbocycles. The topological polar surface area (TPSA) is 92.2 Å². The molecule has 2 aliphatic rings. The Bertz CT molecular complexity index is 898. The molecule has 0 unspecified atom stereocenters. The van der Waals surface area contributed by atoms with E-state index >= 15 is 0 Å². The van der Waals surface area contributed by atoms with Crippen LogP contribution in [0.15, 0.2) is 41.8 Å². The molecule has 1 saturated heterocycles. The highest BCUT2D eigenvalue weighted by molar-refractivity contribution is 5.55. The number of H-pyrrole nitrogens is 1. The summed E-state index contributed by atoms with van der Waals surface area (Å²) in [4.78, 5) is 1.53. The van der Waals surface area contributed by atoms with Crippen molar-refractivity contribution in [2.24, 2.45) is 5.73 Å². The van der Waals surface area contributed by atoms with Gasteiger partial charge in [0.1, 0.15) is 18.2 Å². The van der Waals surface area contributed by atoms with Gasteiger partial charge in [-0.1, -0.05) is 44.2 Å². The number of aromatic amines is 1. The first-order valence-electron chi connectivity index (χ1n) is 9.59. The summed E-state index contributed by atoms with van der Waals surface area (Å²) in [6.45, 7) is 7.23. The number of hydrogen-bond donors (Lipinski definition) is 3. The zero-order chi connectivity index (χ0) is 19.0. The highest BCUT2D eigenvalue weighted by Gasteiger charge is 2.50. The molecule has 3 heterocycles. The van der Waals surface area contributed by atoms with Crippen molar-refractivity contribution >= 4 is 0 Å². The van der Waals surface area contributed by atoms with Crippen molar-refractivity contribution in [2.75, 3.05) is 13.1 Å². The minimum absolute atomic E-state index is 0.207. The van der Waals surface area contributed by atoms with E-state index in [0.717, 1.165) is 43.7 Å². The van der Waals surface area contributed by atoms with Crippen molar-refractivity contribution in [2.45, 2.75) is 44.6 Å². The van der Waals surface area contributed by atoms with Crippen molar-refractivity contribution in [3.63, 3.8) is 0 Å². The van der Waals surface area contributed by atoms with Crippen LogP contribution in [0.3, 0.4) is 0 Å². The maximum absolute atomic E-state index is 9.87. The van der Waals surface area contributed by atoms with Crippen LogP contribution in [-0.4, -0.2) is 23.3 Å². The summed E-state index contributed by atoms with van der Waals surface area (Å²) in [6.07, 6.45) is 1.74. The average molecular weight is 364 g/mol. The monoisotopic (exact) mass is 364 g/mol. The smallest absolute Gasteiger partial charge is 0.244 e. The van der Waals surface area contributed by atoms with Gasteiger partial charge in [-0.15, -0.1) is 5.10 Å². The number of nitrogens with two attached hydrogens (primary N) is 1. The number of ether oxygens (including phenoxy) is 1. The average Bonchev–Trinajstić information content (AvgIpc) is 3.09. The van der Waals surface area contributed by atoms with Crippen molar-refractivity contribution in [1.82, 2.24) is 10.2 Å². The Balaban J connectivity index is 1.66. The number of nitriles is 1. The second-order valence-corrected chi connectivity index (χ2v) is 7.92. The number of piperidine rings is 1. The molecule has 1 aromatic carbocycles. The lowest BCUT2D eigenvalue weighted by atomic mass is 9.66. The van der Waals surface area contributed by atoms with Crippen molar-refractivity contribution in [3.8, 4) is 11.9 Å². The van der Waals surface area contributed by atoms with Crippen LogP contribution >= 0.6 is 0 Å². The molecule has 4 rings (SSSR count). The summed E-state index contributed by atoms with van der Waals surface area (Å²) in [5.41, 5.74) is 9.75. The Morgan fingerprint density at radius 2 is 2.00 bits per heavy atom. The van der Waals surface area contributed by atoms with E-state index in [9.17, 15) is 5.26 Å². The van der Waals surface area contributed by atoms with Crippen LogP contribution in [0.25, 0.3) is 0 Å². The second kappa shape index (κ2) is 6.75. The fraction of sp³-hybridized carbons (Fsp3) is 0.429. The van der Waals surface area contributed by atoms with E-state index in [-0.39, 0.29) is 17.2 Å². The third-order valence-electron chi connectivity index (χ3n) is 5.97. The maximum Gasteiger partial charge on any atom is 0.244 e. The van der Waals surface area contributed by atoms with Gasteiger partial charge >= 0.3 is 0 Å². The predicted molar refractivity (Wildman–Crippen MR) is 102 cm³/mol. The number of aromatic nitrogens is 2. The van der Waals surface area contributed by atoms with Gasteiger partial charge in [0.05, 0.1) is 18.5 Å². The molecule has 4 N–H and O–H groups in total. The van der Waals surface area contributed by atoms with Gasteiger partial charge in [0.15, 0.2) is 0 Å². The first-order chi connectivity index (χ1) is 13.0. The predicted octanol–water partition coefficient (Wildman–Crippen LogP) is 1.74. The van der Waals surface area contributed by atoms with Gasteiger partial charge in [-0.25, -0.2) is 0 Å². The van der Waals surface area contributed by atoms with E-state index in [0.29, 0.717) is 11.5 Å². The van der Waals surface area contributed by atoms with Crippen LogP contribution in [0.5, 0.6) is 5.88 Å². The molecule has 0 amide bonds. The second-order valence-electron chi connectivity index (χ2n) is 7.92. The number of quaternary nitrogens is 1. The van der Waals surface area contributed by atoms with Gasteiger partial charge in [0, 0.05) is 29.7 Å². The first kappa shape index (κ1) is 17.6. The molecular weight excluding hydrogens is 338 g/mol. The largest absolute Gasteiger partial charge is 0.420 e. The quantitative estimate of drug-likeness (QED) is 0.773. The Labute approximate surface area is 159 Å². The SMILES string of the molecule is CC(C)c1[nH]nc2c1C1(CC[NH+](Cc3ccccc3)CC1)C(C#N)=C(N)O2. The molecule has 0 aliphatic carbocycles. The lowest BCUT2D eigenvalue weighted by Gasteiger charge is -2.42. The fourth-order valence-electron chi connectivity index (χ4n) is 4.56. The van der Waals surface area contributed by atoms with Crippen LogP contribution in [0.1, 0.15) is 49.4 Å². The molecule has 1 aromatic heterocycles. The normalized spacial score (nSPS) is 24.6. The molecule has 27 heavy (non-hydrogen) atoms. The van der Waals surface area contributed by atoms with E-state index in [1.54, 1.807) is 0 Å². The van der Waals surface area contributed by atoms with Gasteiger partial charge in [0.2, 0.25) is 11.8 Å². The summed E-state index contributed by atoms with van der Waals surface area (Å²) in [5.74, 6) is 1.02. The molecule has 6 heteroatoms. The van der Waals surface area contributed by atoms with Gasteiger partial charge in [-0.3, -0.25) is 5.10 Å². The number of allylic oxidation sites excluding steroid dienone is 1. The van der Waals surface area contributed by atoms with Crippen LogP contribution in [0, 0.1) is 11.3 Å². The molecule has 140 valence electrons. The minimum Gasteiger partial charge on any atom is -0.420 e. The third-order valence-corrected chi connectivity index (χ3v) is 5.97. The molecule has 0 radical (unpaired) electrons. The minimum atomic E-state index is -0.390. The standard InChI is InChI=1S/C21H25N5O/c1-14(2)18-17-20(25-24-18)27-19(23)16(12-22)21(17)8-10-26(11-9-21)13-15-6-4-3-5-7-15/h3-7,14H,8-11,13,23H2,1-2H3,(H,24,25)/p+1. The molecule has 2 aromatic rings. The lowest BCUT2D eigenvalue weighted by Crippen LogP contribution is -3.12. The highest BCUT2D eigenvalue weighted by atomic mass is 16.5. The van der Waals surface area contributed by atoms with E-state index in [1.807, 2.05) is 6.07 Å². The first-order valence-corrected chi connectivity index (χ1v) is 9.59. The molecule has 0 bridgehead atoms.